The summed E-state index contributed by atoms with van der Waals surface area (Å²) in [6.07, 6.45) is -22.9. The Morgan fingerprint density at radius 1 is 0.438 bits per heavy atom. The van der Waals surface area contributed by atoms with E-state index in [1.807, 2.05) is 10.8 Å². The van der Waals surface area contributed by atoms with Crippen LogP contribution in [0.3, 0.4) is 0 Å². The van der Waals surface area contributed by atoms with Crippen molar-refractivity contribution in [2.75, 3.05) is 47.6 Å². The van der Waals surface area contributed by atoms with E-state index in [-0.39, 0.29) is 35.2 Å². The Labute approximate surface area is 836 Å². The van der Waals surface area contributed by atoms with Gasteiger partial charge in [0, 0.05) is 476 Å². The Morgan fingerprint density at radius 3 is 0.969 bits per heavy atom. The fraction of sp³-hybridized carbons (Fsp3) is 0.320. The molecule has 0 bridgehead atoms. The monoisotopic (exact) mass is 1740 g/mol. The van der Waals surface area contributed by atoms with Gasteiger partial charge in [-0.1, -0.05) is 42.8 Å². The number of carbonyl (C=O) groups is 4. The SMILES string of the molecule is C.CF.COC(=O)C1=C(C2CCN(C(=O)c3cn[nH]c3)CC2)NC(c2nccs2)=NC1c1ccc(F)cc1Cl.COC(=O)C1=C(C2CCNCC2)NC(c2nccs2)=NC1c1ccc(F)cc1Cl.O=C(Cl)c1cn[nH]c1.[B]B([B])B(B([B])[B])B(B(B([B])[B])B([B])[B])B(B(B([B])[B])B([B])[B])B(B(B(B([B])[B])B([B])[B])B(B([B])[B])B([B])[B])B(B(B([B])[B])B([B])[B])B(B([B])[B])B([B])[B]. The van der Waals surface area contributed by atoms with Gasteiger partial charge < -0.3 is 30.3 Å². The highest BCUT2D eigenvalue weighted by Gasteiger charge is 2.62. The number of nitrogens with zero attached hydrogens (tertiary/aromatic N) is 7. The van der Waals surface area contributed by atoms with Crippen molar-refractivity contribution in [2.45, 2.75) is 45.2 Å². The van der Waals surface area contributed by atoms with Gasteiger partial charge in [-0.2, -0.15) is 10.2 Å². The molecule has 0 saturated carbocycles. The Kier molecular flexibility index (Phi) is 50.6. The number of halogens is 6. The van der Waals surface area contributed by atoms with Crippen LogP contribution in [0.5, 0.6) is 0 Å². The number of hydrogen-bond donors (Lipinski definition) is 5. The number of ether oxygens (including phenoxy) is 2. The van der Waals surface area contributed by atoms with Gasteiger partial charge in [0.25, 0.3) is 11.1 Å². The van der Waals surface area contributed by atoms with Gasteiger partial charge >= 0.3 is 11.9 Å². The predicted molar refractivity (Wildman–Crippen MR) is 596 cm³/mol. The number of benzene rings is 2. The summed E-state index contributed by atoms with van der Waals surface area (Å²) < 4.78 is 47.2. The van der Waals surface area contributed by atoms with E-state index in [0.717, 1.165) is 31.6 Å². The van der Waals surface area contributed by atoms with Crippen LogP contribution in [0.2, 0.25) is 10.0 Å². The van der Waals surface area contributed by atoms with E-state index in [0.29, 0.717) is 93.9 Å². The first kappa shape index (κ1) is 117. The predicted octanol–water partition coefficient (Wildman–Crippen LogP) is -11.4. The number of carbonyl (C=O) groups excluding carboxylic acids is 4. The van der Waals surface area contributed by atoms with Gasteiger partial charge in [0.05, 0.1) is 56.1 Å². The smallest absolute Gasteiger partial charge is 0.338 e. The van der Waals surface area contributed by atoms with Crippen LogP contribution in [-0.4, -0.2) is 500 Å². The number of aromatic amines is 2. The molecule has 5 N–H and O–H groups in total. The highest BCUT2D eigenvalue weighted by atomic mass is 35.5. The first-order valence-electron chi connectivity index (χ1n) is 40.6. The minimum absolute atomic E-state index is 0. The average Bonchev–Trinajstić information content (AvgIpc) is 0.748. The standard InChI is InChI=1S/C24H22ClFN6O3S.C20H20ClFN4O2S.C4H3ClN2O.CH3F.CH4.B54/c1-35-24(34)18-19(13-4-7-32(8-5-13)23(33)14-11-28-29-12-14)30-21(22-27-6-9-36-22)31-20(18)16-3-2-15(26)10-17(16)25;1-28-20(27)15-16(11-4-6-23-7-5-11)25-18(19-24-8-9-29-19)26-17(15)13-3-2-12(22)10-14(13)21;5-4(8)3-1-6-7-2-3;1-2;;1-29(2)43(30(3)4)50(44(31(5)6)32(7)8)53(49(41(25)26)42(27)28)54(51(45(33(9)10)34(11)12)46(35(13)14)36(15)16)52(47(37(17)18)38(19)20)48(39(21)22)40(23)24/h2-3,6,9-13,20H,4-5,7-8H2,1H3,(H,28,29)(H,30,31);2-3,8-11,17,23H,4-7H2,1H3,(H,25,26);1-2H,(H,6,7);1H3;1H4;. The molecule has 4 aliphatic heterocycles. The molecule has 0 spiro atoms. The number of aliphatic imine (C=N–C) groups is 2. The zero-order valence-electron chi connectivity index (χ0n) is 71.4. The number of thiazole rings is 2. The highest BCUT2D eigenvalue weighted by Crippen LogP contribution is 2.42. The first-order chi connectivity index (χ1) is 60.8. The van der Waals surface area contributed by atoms with Gasteiger partial charge in [-0.15, -0.1) is 22.7 Å². The number of hydrogen-bond acceptors (Lipinski definition) is 17. The van der Waals surface area contributed by atoms with E-state index in [9.17, 15) is 32.3 Å². The Hall–Kier alpha value is -3.25. The molecule has 2 saturated heterocycles. The second kappa shape index (κ2) is 56.1. The molecule has 130 heavy (non-hydrogen) atoms. The molecule has 10 rings (SSSR count). The third-order valence-electron chi connectivity index (χ3n) is 23.3. The maximum atomic E-state index is 13.8. The van der Waals surface area contributed by atoms with Gasteiger partial charge in [0.2, 0.25) is 0 Å². The number of H-pyrrole nitrogens is 2. The lowest BCUT2D eigenvalue weighted by Gasteiger charge is -2.58. The fourth-order valence-electron chi connectivity index (χ4n) is 17.9. The summed E-state index contributed by atoms with van der Waals surface area (Å²) in [6.45, 7) is 2.71. The molecule has 0 aliphatic carbocycles. The van der Waals surface area contributed by atoms with Crippen molar-refractivity contribution in [1.29, 1.82) is 0 Å². The number of rotatable bonds is 35. The highest BCUT2D eigenvalue weighted by molar-refractivity contribution is 8.36. The topological polar surface area (TPSA) is 234 Å². The fourth-order valence-corrected chi connectivity index (χ4v) is 19.7. The summed E-state index contributed by atoms with van der Waals surface area (Å²) in [5, 5.41) is 27.4. The molecule has 80 heteroatoms. The number of piperidine rings is 2. The second-order valence-corrected chi connectivity index (χ2v) is 34.5. The van der Waals surface area contributed by atoms with E-state index < -0.39 is 207 Å². The van der Waals surface area contributed by atoms with E-state index in [2.05, 4.69) is 46.3 Å². The van der Waals surface area contributed by atoms with E-state index >= 15 is 0 Å². The maximum Gasteiger partial charge on any atom is 0.338 e. The van der Waals surface area contributed by atoms with Crippen LogP contribution in [0, 0.1) is 23.5 Å². The lowest BCUT2D eigenvalue weighted by atomic mass is 8.24. The van der Waals surface area contributed by atoms with Crippen molar-refractivity contribution >= 4 is 475 Å². The number of alkyl halides is 1. The number of allylic oxidation sites excluding steroid dienone is 2. The van der Waals surface area contributed by atoms with Crippen molar-refractivity contribution < 1.29 is 41.8 Å². The van der Waals surface area contributed by atoms with E-state index in [4.69, 9.17) is 271 Å². The molecule has 4 aromatic heterocycles. The summed E-state index contributed by atoms with van der Waals surface area (Å²) in [7, 11) is 185. The van der Waals surface area contributed by atoms with Gasteiger partial charge in [-0.3, -0.25) is 34.2 Å². The lowest BCUT2D eigenvalue weighted by Crippen LogP contribution is -2.96. The van der Waals surface area contributed by atoms with Crippen molar-refractivity contribution in [3.63, 3.8) is 0 Å². The minimum atomic E-state index is -1.44. The number of methoxy groups -OCH3 is 2. The zero-order valence-corrected chi connectivity index (χ0v) is 75.3. The molecule has 2 fully saturated rings. The van der Waals surface area contributed by atoms with Gasteiger partial charge in [0.1, 0.15) is 23.7 Å². The Balaban J connectivity index is 0.000000338. The molecule has 2 aromatic carbocycles. The van der Waals surface area contributed by atoms with Crippen LogP contribution < -0.4 is 16.0 Å². The summed E-state index contributed by atoms with van der Waals surface area (Å²) in [5.74, 6) is -0.930. The normalized spacial score (nSPS) is 14.3. The van der Waals surface area contributed by atoms with Crippen molar-refractivity contribution in [3.05, 3.63) is 161 Å². The Morgan fingerprint density at radius 2 is 0.723 bits per heavy atom. The van der Waals surface area contributed by atoms with Crippen molar-refractivity contribution in [3.8, 4) is 0 Å². The zero-order chi connectivity index (χ0) is 96.6. The van der Waals surface area contributed by atoms with Gasteiger partial charge in [0.15, 0.2) is 21.7 Å². The molecule has 56 radical (unpaired) electrons. The van der Waals surface area contributed by atoms with Crippen LogP contribution in [-0.2, 0) is 19.1 Å². The van der Waals surface area contributed by atoms with Crippen LogP contribution >= 0.6 is 57.5 Å². The van der Waals surface area contributed by atoms with Crippen LogP contribution in [0.1, 0.15) is 87.1 Å². The van der Waals surface area contributed by atoms with Crippen LogP contribution in [0.25, 0.3) is 0 Å². The number of amidine groups is 2. The molecule has 8 heterocycles. The lowest BCUT2D eigenvalue weighted by molar-refractivity contribution is -0.137. The second-order valence-electron chi connectivity index (χ2n) is 31.5. The van der Waals surface area contributed by atoms with E-state index in [1.165, 1.54) is 85.8 Å². The molecule has 2 atom stereocenters. The minimum Gasteiger partial charge on any atom is -0.466 e. The number of aromatic nitrogens is 6. The molecule has 4 aliphatic rings. The number of esters is 2. The quantitative estimate of drug-likeness (QED) is 0.0142. The van der Waals surface area contributed by atoms with Crippen LogP contribution in [0.15, 0.2) is 117 Å². The summed E-state index contributed by atoms with van der Waals surface area (Å²) in [5.41, 5.74) is 4.09. The summed E-state index contributed by atoms with van der Waals surface area (Å²) in [4.78, 5) is 68.9. The van der Waals surface area contributed by atoms with Crippen molar-refractivity contribution in [2.24, 2.45) is 21.8 Å². The van der Waals surface area contributed by atoms with Crippen molar-refractivity contribution in [1.82, 2.24) is 51.2 Å². The third kappa shape index (κ3) is 30.9. The largest absolute Gasteiger partial charge is 0.466 e. The third-order valence-corrected chi connectivity index (χ3v) is 25.7. The average molecular weight is 1730 g/mol. The van der Waals surface area contributed by atoms with Gasteiger partial charge in [-0.25, -0.2) is 28.3 Å². The number of amides is 1. The van der Waals surface area contributed by atoms with Crippen LogP contribution in [0.4, 0.5) is 13.2 Å². The van der Waals surface area contributed by atoms with E-state index in [1.54, 1.807) is 29.6 Å². The Bertz CT molecular complexity index is 4460. The molecule has 18 nitrogen and oxygen atoms in total. The van der Waals surface area contributed by atoms with Gasteiger partial charge in [-0.05, 0) is 74.6 Å². The molecule has 6 aromatic rings. The first-order valence-corrected chi connectivity index (χ1v) is 43.5. The summed E-state index contributed by atoms with van der Waals surface area (Å²) >= 11 is 20.7. The molecular weight excluding hydrogens is 1680 g/mol. The maximum absolute atomic E-state index is 13.8. The summed E-state index contributed by atoms with van der Waals surface area (Å²) in [6, 6.07) is 6.62. The molecule has 564 valence electrons. The molecule has 2 unspecified atom stereocenters. The molecule has 1 amide bonds. The number of likely N-dealkylation sites (tertiary alicyclic amines) is 1. The molecular formula is C50H52B54Cl3F3N12O6S2. The number of nitrogens with one attached hydrogen (secondary N) is 5.